The van der Waals surface area contributed by atoms with Crippen molar-refractivity contribution in [3.8, 4) is 0 Å². The lowest BCUT2D eigenvalue weighted by molar-refractivity contribution is -0.125. The number of hydrogen-bond donors (Lipinski definition) is 1. The Bertz CT molecular complexity index is 746. The van der Waals surface area contributed by atoms with Crippen LogP contribution in [-0.2, 0) is 17.8 Å². The number of hydrogen-bond acceptors (Lipinski definition) is 2. The van der Waals surface area contributed by atoms with E-state index in [1.807, 2.05) is 18.2 Å². The number of amides is 1. The van der Waals surface area contributed by atoms with Crippen LogP contribution in [0.25, 0.3) is 11.0 Å². The lowest BCUT2D eigenvalue weighted by atomic mass is 9.89. The normalized spacial score (nSPS) is 15.4. The van der Waals surface area contributed by atoms with Crippen molar-refractivity contribution in [2.75, 3.05) is 6.54 Å². The fourth-order valence-corrected chi connectivity index (χ4v) is 3.88. The van der Waals surface area contributed by atoms with Gasteiger partial charge in [-0.3, -0.25) is 4.79 Å². The van der Waals surface area contributed by atoms with Crippen LogP contribution in [0.5, 0.6) is 0 Å². The van der Waals surface area contributed by atoms with Crippen LogP contribution in [-0.4, -0.2) is 22.0 Å². The minimum Gasteiger partial charge on any atom is -0.356 e. The Balaban J connectivity index is 1.57. The van der Waals surface area contributed by atoms with E-state index in [4.69, 9.17) is 4.98 Å². The summed E-state index contributed by atoms with van der Waals surface area (Å²) < 4.78 is 3.14. The van der Waals surface area contributed by atoms with Gasteiger partial charge in [0.05, 0.1) is 17.6 Å². The molecule has 0 atom stereocenters. The highest BCUT2D eigenvalue weighted by Gasteiger charge is 2.20. The van der Waals surface area contributed by atoms with E-state index in [1.54, 1.807) is 0 Å². The zero-order chi connectivity index (χ0) is 17.6. The lowest BCUT2D eigenvalue weighted by Crippen LogP contribution is -2.32. The molecule has 0 radical (unpaired) electrons. The maximum absolute atomic E-state index is 12.2. The SMILES string of the molecule is C=C(Br)Cn1c(CCCNC(=O)C2CCCCC2)nc2ccccc21. The third kappa shape index (κ3) is 4.72. The van der Waals surface area contributed by atoms with Gasteiger partial charge in [0.1, 0.15) is 5.82 Å². The molecule has 1 aromatic carbocycles. The number of benzene rings is 1. The third-order valence-corrected chi connectivity index (χ3v) is 5.17. The molecular formula is C20H26BrN3O. The molecule has 134 valence electrons. The maximum Gasteiger partial charge on any atom is 0.223 e. The monoisotopic (exact) mass is 403 g/mol. The Morgan fingerprint density at radius 2 is 2.04 bits per heavy atom. The average Bonchev–Trinajstić information content (AvgIpc) is 2.96. The zero-order valence-corrected chi connectivity index (χ0v) is 16.2. The van der Waals surface area contributed by atoms with Crippen LogP contribution in [0, 0.1) is 5.92 Å². The summed E-state index contributed by atoms with van der Waals surface area (Å²) in [6.45, 7) is 5.39. The van der Waals surface area contributed by atoms with Gasteiger partial charge in [-0.05, 0) is 31.4 Å². The first kappa shape index (κ1) is 18.2. The number of para-hydroxylation sites is 2. The van der Waals surface area contributed by atoms with E-state index in [-0.39, 0.29) is 11.8 Å². The van der Waals surface area contributed by atoms with Gasteiger partial charge in [0, 0.05) is 23.4 Å². The number of rotatable bonds is 7. The van der Waals surface area contributed by atoms with Crippen LogP contribution >= 0.6 is 15.9 Å². The number of imidazole rings is 1. The molecule has 1 aliphatic rings. The third-order valence-electron chi connectivity index (χ3n) is 4.92. The molecule has 1 heterocycles. The van der Waals surface area contributed by atoms with Crippen molar-refractivity contribution >= 4 is 32.9 Å². The van der Waals surface area contributed by atoms with E-state index in [2.05, 4.69) is 38.5 Å². The van der Waals surface area contributed by atoms with Crippen molar-refractivity contribution in [1.82, 2.24) is 14.9 Å². The Morgan fingerprint density at radius 3 is 2.80 bits per heavy atom. The topological polar surface area (TPSA) is 46.9 Å². The zero-order valence-electron chi connectivity index (χ0n) is 14.6. The number of aryl methyl sites for hydroxylation is 1. The van der Waals surface area contributed by atoms with E-state index in [9.17, 15) is 4.79 Å². The summed E-state index contributed by atoms with van der Waals surface area (Å²) in [5, 5.41) is 3.11. The highest BCUT2D eigenvalue weighted by Crippen LogP contribution is 2.23. The summed E-state index contributed by atoms with van der Waals surface area (Å²) in [5.74, 6) is 1.52. The molecule has 4 nitrogen and oxygen atoms in total. The van der Waals surface area contributed by atoms with Crippen molar-refractivity contribution in [3.63, 3.8) is 0 Å². The van der Waals surface area contributed by atoms with Gasteiger partial charge < -0.3 is 9.88 Å². The van der Waals surface area contributed by atoms with Gasteiger partial charge in [0.15, 0.2) is 0 Å². The van der Waals surface area contributed by atoms with Crippen LogP contribution in [0.4, 0.5) is 0 Å². The molecule has 1 aliphatic carbocycles. The number of nitrogens with one attached hydrogen (secondary N) is 1. The summed E-state index contributed by atoms with van der Waals surface area (Å²) in [4.78, 5) is 17.0. The molecule has 2 aromatic rings. The molecular weight excluding hydrogens is 378 g/mol. The van der Waals surface area contributed by atoms with E-state index >= 15 is 0 Å². The number of halogens is 1. The molecule has 0 unspecified atom stereocenters. The Hall–Kier alpha value is -1.62. The van der Waals surface area contributed by atoms with Gasteiger partial charge in [0.2, 0.25) is 5.91 Å². The molecule has 0 saturated heterocycles. The summed E-state index contributed by atoms with van der Waals surface area (Å²) in [5.41, 5.74) is 2.14. The second-order valence-electron chi connectivity index (χ2n) is 6.85. The van der Waals surface area contributed by atoms with Gasteiger partial charge in [-0.25, -0.2) is 4.98 Å². The summed E-state index contributed by atoms with van der Waals surface area (Å²) in [6, 6.07) is 8.17. The van der Waals surface area contributed by atoms with Crippen molar-refractivity contribution in [1.29, 1.82) is 0 Å². The number of allylic oxidation sites excluding steroid dienone is 1. The van der Waals surface area contributed by atoms with Crippen LogP contribution in [0.15, 0.2) is 35.3 Å². The molecule has 1 amide bonds. The van der Waals surface area contributed by atoms with Crippen molar-refractivity contribution < 1.29 is 4.79 Å². The summed E-state index contributed by atoms with van der Waals surface area (Å²) in [6.07, 6.45) is 7.51. The van der Waals surface area contributed by atoms with Crippen LogP contribution in [0.3, 0.4) is 0 Å². The first-order chi connectivity index (χ1) is 12.1. The predicted octanol–water partition coefficient (Wildman–Crippen LogP) is 4.57. The fraction of sp³-hybridized carbons (Fsp3) is 0.500. The van der Waals surface area contributed by atoms with E-state index in [1.165, 1.54) is 19.3 Å². The average molecular weight is 404 g/mol. The number of nitrogens with zero attached hydrogens (tertiary/aromatic N) is 2. The molecule has 1 N–H and O–H groups in total. The van der Waals surface area contributed by atoms with E-state index < -0.39 is 0 Å². The number of carbonyl (C=O) groups excluding carboxylic acids is 1. The lowest BCUT2D eigenvalue weighted by Gasteiger charge is -2.20. The van der Waals surface area contributed by atoms with Crippen molar-refractivity contribution in [3.05, 3.63) is 41.2 Å². The summed E-state index contributed by atoms with van der Waals surface area (Å²) >= 11 is 3.46. The molecule has 5 heteroatoms. The second-order valence-corrected chi connectivity index (χ2v) is 7.97. The fourth-order valence-electron chi connectivity index (χ4n) is 3.63. The van der Waals surface area contributed by atoms with Crippen molar-refractivity contribution in [2.45, 2.75) is 51.5 Å². The predicted molar refractivity (Wildman–Crippen MR) is 106 cm³/mol. The number of aromatic nitrogens is 2. The van der Waals surface area contributed by atoms with Gasteiger partial charge >= 0.3 is 0 Å². The van der Waals surface area contributed by atoms with E-state index in [0.717, 1.165) is 47.0 Å². The first-order valence-corrected chi connectivity index (χ1v) is 9.99. The Labute approximate surface area is 157 Å². The highest BCUT2D eigenvalue weighted by molar-refractivity contribution is 9.11. The second kappa shape index (κ2) is 8.65. The molecule has 1 fully saturated rings. The number of carbonyl (C=O) groups is 1. The van der Waals surface area contributed by atoms with Gasteiger partial charge in [-0.1, -0.05) is 53.9 Å². The summed E-state index contributed by atoms with van der Waals surface area (Å²) in [7, 11) is 0. The van der Waals surface area contributed by atoms with E-state index in [0.29, 0.717) is 13.1 Å². The largest absolute Gasteiger partial charge is 0.356 e. The first-order valence-electron chi connectivity index (χ1n) is 9.20. The van der Waals surface area contributed by atoms with Gasteiger partial charge in [-0.2, -0.15) is 0 Å². The van der Waals surface area contributed by atoms with Crippen LogP contribution in [0.1, 0.15) is 44.3 Å². The maximum atomic E-state index is 12.2. The molecule has 0 bridgehead atoms. The number of fused-ring (bicyclic) bond motifs is 1. The molecule has 1 saturated carbocycles. The van der Waals surface area contributed by atoms with Gasteiger partial charge in [0.25, 0.3) is 0 Å². The highest BCUT2D eigenvalue weighted by atomic mass is 79.9. The Morgan fingerprint density at radius 1 is 1.28 bits per heavy atom. The minimum atomic E-state index is 0.232. The molecule has 25 heavy (non-hydrogen) atoms. The quantitative estimate of drug-likeness (QED) is 0.687. The van der Waals surface area contributed by atoms with Gasteiger partial charge in [-0.15, -0.1) is 0 Å². The van der Waals surface area contributed by atoms with Crippen LogP contribution < -0.4 is 5.32 Å². The Kier molecular flexibility index (Phi) is 6.29. The molecule has 1 aromatic heterocycles. The van der Waals surface area contributed by atoms with Crippen LogP contribution in [0.2, 0.25) is 0 Å². The molecule has 0 spiro atoms. The minimum absolute atomic E-state index is 0.232. The standard InChI is InChI=1S/C20H26BrN3O/c1-15(21)14-24-18-11-6-5-10-17(18)23-19(24)12-7-13-22-20(25)16-8-3-2-4-9-16/h5-6,10-11,16H,1-4,7-9,12-14H2,(H,22,25). The smallest absolute Gasteiger partial charge is 0.223 e. The van der Waals surface area contributed by atoms with Crippen molar-refractivity contribution in [2.24, 2.45) is 5.92 Å². The molecule has 0 aliphatic heterocycles. The molecule has 3 rings (SSSR count).